The number of aliphatic carboxylic acids is 1. The van der Waals surface area contributed by atoms with Gasteiger partial charge in [0.15, 0.2) is 0 Å². The molecule has 1 aromatic rings. The van der Waals surface area contributed by atoms with Gasteiger partial charge >= 0.3 is 5.97 Å². The lowest BCUT2D eigenvalue weighted by Crippen LogP contribution is -2.26. The Balaban J connectivity index is 2.31. The highest BCUT2D eigenvalue weighted by molar-refractivity contribution is 5.78. The summed E-state index contributed by atoms with van der Waals surface area (Å²) in [7, 11) is 0. The van der Waals surface area contributed by atoms with Crippen LogP contribution in [0.25, 0.3) is 0 Å². The number of carboxylic acids is 1. The van der Waals surface area contributed by atoms with Crippen LogP contribution in [-0.2, 0) is 16.0 Å². The van der Waals surface area contributed by atoms with Gasteiger partial charge in [0.1, 0.15) is 0 Å². The van der Waals surface area contributed by atoms with Gasteiger partial charge in [-0.2, -0.15) is 0 Å². The third-order valence-electron chi connectivity index (χ3n) is 3.00. The number of aryl methyl sites for hydroxylation is 2. The Morgan fingerprint density at radius 2 is 1.95 bits per heavy atom. The van der Waals surface area contributed by atoms with Crippen LogP contribution >= 0.6 is 0 Å². The van der Waals surface area contributed by atoms with Crippen molar-refractivity contribution in [3.63, 3.8) is 0 Å². The molecule has 0 unspecified atom stereocenters. The molecule has 0 aromatic heterocycles. The van der Waals surface area contributed by atoms with E-state index in [-0.39, 0.29) is 12.3 Å². The Labute approximate surface area is 113 Å². The highest BCUT2D eigenvalue weighted by atomic mass is 16.4. The molecule has 0 saturated carbocycles. The number of hydrogen-bond acceptors (Lipinski definition) is 2. The zero-order valence-electron chi connectivity index (χ0n) is 11.5. The fourth-order valence-electron chi connectivity index (χ4n) is 1.86. The van der Waals surface area contributed by atoms with E-state index >= 15 is 0 Å². The van der Waals surface area contributed by atoms with Crippen LogP contribution < -0.4 is 5.32 Å². The van der Waals surface area contributed by atoms with Crippen molar-refractivity contribution in [3.8, 4) is 0 Å². The maximum atomic E-state index is 11.7. The maximum absolute atomic E-state index is 11.7. The standard InChI is InChI=1S/C15H21NO3/c1-11-6-7-12(2)13(9-11)10-14(17)16-8-4-3-5-15(18)19/h6-7,9H,3-5,8,10H2,1-2H3,(H,16,17)(H,18,19). The summed E-state index contributed by atoms with van der Waals surface area (Å²) in [6, 6.07) is 6.08. The summed E-state index contributed by atoms with van der Waals surface area (Å²) in [5.74, 6) is -0.800. The minimum Gasteiger partial charge on any atom is -0.481 e. The van der Waals surface area contributed by atoms with E-state index < -0.39 is 5.97 Å². The molecule has 1 aromatic carbocycles. The van der Waals surface area contributed by atoms with Crippen LogP contribution in [0.1, 0.15) is 36.0 Å². The van der Waals surface area contributed by atoms with Crippen LogP contribution in [-0.4, -0.2) is 23.5 Å². The smallest absolute Gasteiger partial charge is 0.303 e. The van der Waals surface area contributed by atoms with Crippen molar-refractivity contribution in [1.82, 2.24) is 5.32 Å². The summed E-state index contributed by atoms with van der Waals surface area (Å²) in [5.41, 5.74) is 3.31. The molecule has 0 aliphatic heterocycles. The SMILES string of the molecule is Cc1ccc(C)c(CC(=O)NCCCCC(=O)O)c1. The Bertz CT molecular complexity index is 455. The lowest BCUT2D eigenvalue weighted by atomic mass is 10.0. The predicted octanol–water partition coefficient (Wildman–Crippen LogP) is 2.22. The van der Waals surface area contributed by atoms with Crippen molar-refractivity contribution in [2.24, 2.45) is 0 Å². The Morgan fingerprint density at radius 3 is 2.63 bits per heavy atom. The molecule has 0 spiro atoms. The number of carboxylic acid groups (broad SMARTS) is 1. The number of carbonyl (C=O) groups is 2. The number of amides is 1. The van der Waals surface area contributed by atoms with Gasteiger partial charge in [-0.05, 0) is 37.8 Å². The second-order valence-corrected chi connectivity index (χ2v) is 4.81. The second kappa shape index (κ2) is 7.56. The van der Waals surface area contributed by atoms with Gasteiger partial charge in [0.05, 0.1) is 6.42 Å². The van der Waals surface area contributed by atoms with E-state index in [0.717, 1.165) is 16.7 Å². The van der Waals surface area contributed by atoms with Crippen molar-refractivity contribution in [3.05, 3.63) is 34.9 Å². The van der Waals surface area contributed by atoms with Crippen molar-refractivity contribution in [2.75, 3.05) is 6.54 Å². The summed E-state index contributed by atoms with van der Waals surface area (Å²) < 4.78 is 0. The lowest BCUT2D eigenvalue weighted by molar-refractivity contribution is -0.137. The first kappa shape index (κ1) is 15.2. The van der Waals surface area contributed by atoms with Crippen LogP contribution in [0.4, 0.5) is 0 Å². The van der Waals surface area contributed by atoms with Gasteiger partial charge < -0.3 is 10.4 Å². The van der Waals surface area contributed by atoms with Crippen LogP contribution in [0.15, 0.2) is 18.2 Å². The molecule has 0 bridgehead atoms. The molecule has 4 nitrogen and oxygen atoms in total. The van der Waals surface area contributed by atoms with Crippen LogP contribution in [0.3, 0.4) is 0 Å². The number of carbonyl (C=O) groups excluding carboxylic acids is 1. The third-order valence-corrected chi connectivity index (χ3v) is 3.00. The van der Waals surface area contributed by atoms with Crippen molar-refractivity contribution in [2.45, 2.75) is 39.5 Å². The van der Waals surface area contributed by atoms with Crippen molar-refractivity contribution < 1.29 is 14.7 Å². The predicted molar refractivity (Wildman–Crippen MR) is 74.1 cm³/mol. The Morgan fingerprint density at radius 1 is 1.21 bits per heavy atom. The molecule has 104 valence electrons. The van der Waals surface area contributed by atoms with Gasteiger partial charge in [0.2, 0.25) is 5.91 Å². The van der Waals surface area contributed by atoms with Gasteiger partial charge in [0.25, 0.3) is 0 Å². The molecule has 0 fully saturated rings. The average Bonchev–Trinajstić information content (AvgIpc) is 2.33. The molecule has 19 heavy (non-hydrogen) atoms. The van der Waals surface area contributed by atoms with Gasteiger partial charge in [-0.3, -0.25) is 9.59 Å². The number of rotatable bonds is 7. The number of nitrogens with one attached hydrogen (secondary N) is 1. The molecule has 0 aliphatic carbocycles. The van der Waals surface area contributed by atoms with Gasteiger partial charge in [-0.25, -0.2) is 0 Å². The quantitative estimate of drug-likeness (QED) is 0.741. The second-order valence-electron chi connectivity index (χ2n) is 4.81. The zero-order valence-corrected chi connectivity index (χ0v) is 11.5. The maximum Gasteiger partial charge on any atom is 0.303 e. The first-order valence-electron chi connectivity index (χ1n) is 6.53. The first-order valence-corrected chi connectivity index (χ1v) is 6.53. The van der Waals surface area contributed by atoms with E-state index in [1.807, 2.05) is 32.0 Å². The van der Waals surface area contributed by atoms with Crippen LogP contribution in [0, 0.1) is 13.8 Å². The molecule has 1 amide bonds. The molecule has 4 heteroatoms. The molecule has 0 atom stereocenters. The highest BCUT2D eigenvalue weighted by Gasteiger charge is 2.06. The summed E-state index contributed by atoms with van der Waals surface area (Å²) >= 11 is 0. The van der Waals surface area contributed by atoms with E-state index in [1.165, 1.54) is 0 Å². The monoisotopic (exact) mass is 263 g/mol. The lowest BCUT2D eigenvalue weighted by Gasteiger charge is -2.08. The average molecular weight is 263 g/mol. The fourth-order valence-corrected chi connectivity index (χ4v) is 1.86. The zero-order chi connectivity index (χ0) is 14.3. The summed E-state index contributed by atoms with van der Waals surface area (Å²) in [5, 5.41) is 11.3. The van der Waals surface area contributed by atoms with E-state index in [2.05, 4.69) is 5.32 Å². The molecular formula is C15H21NO3. The largest absolute Gasteiger partial charge is 0.481 e. The topological polar surface area (TPSA) is 66.4 Å². The Kier molecular flexibility index (Phi) is 6.06. The minimum absolute atomic E-state index is 0.0102. The summed E-state index contributed by atoms with van der Waals surface area (Å²) in [6.07, 6.45) is 1.84. The molecule has 0 saturated heterocycles. The van der Waals surface area contributed by atoms with Crippen molar-refractivity contribution >= 4 is 11.9 Å². The highest BCUT2D eigenvalue weighted by Crippen LogP contribution is 2.11. The third kappa shape index (κ3) is 6.04. The molecule has 2 N–H and O–H groups in total. The van der Waals surface area contributed by atoms with Crippen LogP contribution in [0.5, 0.6) is 0 Å². The number of hydrogen-bond donors (Lipinski definition) is 2. The van der Waals surface area contributed by atoms with E-state index in [4.69, 9.17) is 5.11 Å². The molecule has 0 aliphatic rings. The number of unbranched alkanes of at least 4 members (excludes halogenated alkanes) is 1. The molecular weight excluding hydrogens is 242 g/mol. The van der Waals surface area contributed by atoms with Gasteiger partial charge in [-0.1, -0.05) is 23.8 Å². The van der Waals surface area contributed by atoms with Crippen LogP contribution in [0.2, 0.25) is 0 Å². The van der Waals surface area contributed by atoms with E-state index in [0.29, 0.717) is 25.8 Å². The molecule has 0 heterocycles. The van der Waals surface area contributed by atoms with E-state index in [1.54, 1.807) is 0 Å². The van der Waals surface area contributed by atoms with Crippen molar-refractivity contribution in [1.29, 1.82) is 0 Å². The number of benzene rings is 1. The molecule has 1 rings (SSSR count). The van der Waals surface area contributed by atoms with E-state index in [9.17, 15) is 9.59 Å². The fraction of sp³-hybridized carbons (Fsp3) is 0.467. The summed E-state index contributed by atoms with van der Waals surface area (Å²) in [4.78, 5) is 22.1. The Hall–Kier alpha value is -1.84. The summed E-state index contributed by atoms with van der Waals surface area (Å²) in [6.45, 7) is 4.54. The normalized spacial score (nSPS) is 10.2. The minimum atomic E-state index is -0.790. The van der Waals surface area contributed by atoms with Gasteiger partial charge in [-0.15, -0.1) is 0 Å². The first-order chi connectivity index (χ1) is 8.99. The van der Waals surface area contributed by atoms with Gasteiger partial charge in [0, 0.05) is 13.0 Å². The molecule has 0 radical (unpaired) electrons.